The summed E-state index contributed by atoms with van der Waals surface area (Å²) < 4.78 is 0. The Morgan fingerprint density at radius 2 is 1.71 bits per heavy atom. The number of hydrogen-bond acceptors (Lipinski definition) is 4. The molecule has 158 valence electrons. The van der Waals surface area contributed by atoms with E-state index in [4.69, 9.17) is 12.2 Å². The van der Waals surface area contributed by atoms with Crippen LogP contribution in [-0.2, 0) is 6.42 Å². The number of anilines is 1. The van der Waals surface area contributed by atoms with Crippen LogP contribution in [0.3, 0.4) is 0 Å². The van der Waals surface area contributed by atoms with Gasteiger partial charge in [0.15, 0.2) is 5.11 Å². The lowest BCUT2D eigenvalue weighted by molar-refractivity contribution is -0.384. The molecule has 0 aliphatic heterocycles. The highest BCUT2D eigenvalue weighted by molar-refractivity contribution is 7.80. The molecular weight excluding hydrogens is 412 g/mol. The first kappa shape index (κ1) is 21.9. The maximum atomic E-state index is 12.7. The van der Waals surface area contributed by atoms with Crippen LogP contribution in [-0.4, -0.2) is 22.1 Å². The second-order valence-corrected chi connectivity index (χ2v) is 7.40. The third-order valence-corrected chi connectivity index (χ3v) is 4.74. The number of rotatable bonds is 7. The molecule has 0 saturated heterocycles. The molecule has 8 heteroatoms. The maximum absolute atomic E-state index is 12.7. The van der Waals surface area contributed by atoms with Crippen LogP contribution in [0.2, 0.25) is 0 Å². The van der Waals surface area contributed by atoms with Gasteiger partial charge in [-0.25, -0.2) is 0 Å². The van der Waals surface area contributed by atoms with Crippen LogP contribution in [0.1, 0.15) is 21.5 Å². The lowest BCUT2D eigenvalue weighted by Crippen LogP contribution is -2.50. The number of thiocarbonyl (C=S) groups is 1. The lowest BCUT2D eigenvalue weighted by atomic mass is 10.1. The topological polar surface area (TPSA) is 96.3 Å². The Hall–Kier alpha value is -3.78. The molecule has 31 heavy (non-hydrogen) atoms. The molecule has 3 aromatic carbocycles. The van der Waals surface area contributed by atoms with Gasteiger partial charge in [0.2, 0.25) is 0 Å². The van der Waals surface area contributed by atoms with E-state index in [0.717, 1.165) is 11.1 Å². The molecule has 0 radical (unpaired) electrons. The molecule has 3 N–H and O–H groups in total. The third-order valence-electron chi connectivity index (χ3n) is 4.52. The molecule has 0 heterocycles. The van der Waals surface area contributed by atoms with Crippen molar-refractivity contribution in [3.8, 4) is 0 Å². The van der Waals surface area contributed by atoms with Gasteiger partial charge in [0.05, 0.1) is 4.92 Å². The number of amides is 1. The molecule has 1 atom stereocenters. The highest BCUT2D eigenvalue weighted by atomic mass is 32.1. The molecule has 0 spiro atoms. The molecule has 1 amide bonds. The summed E-state index contributed by atoms with van der Waals surface area (Å²) in [4.78, 5) is 23.2. The van der Waals surface area contributed by atoms with E-state index < -0.39 is 11.1 Å². The number of nitrogens with zero attached hydrogens (tertiary/aromatic N) is 1. The molecule has 3 rings (SSSR count). The van der Waals surface area contributed by atoms with E-state index in [1.807, 2.05) is 49.4 Å². The number of carbonyl (C=O) groups excluding carboxylic acids is 1. The zero-order valence-corrected chi connectivity index (χ0v) is 17.7. The van der Waals surface area contributed by atoms with E-state index in [9.17, 15) is 14.9 Å². The minimum absolute atomic E-state index is 0.0405. The summed E-state index contributed by atoms with van der Waals surface area (Å²) in [7, 11) is 0. The Morgan fingerprint density at radius 3 is 2.39 bits per heavy atom. The smallest absolute Gasteiger partial charge is 0.271 e. The Labute approximate surface area is 185 Å². The van der Waals surface area contributed by atoms with Gasteiger partial charge in [-0.15, -0.1) is 0 Å². The molecule has 0 aliphatic carbocycles. The van der Waals surface area contributed by atoms with Crippen molar-refractivity contribution in [3.05, 3.63) is 106 Å². The van der Waals surface area contributed by atoms with Crippen LogP contribution in [0.5, 0.6) is 0 Å². The van der Waals surface area contributed by atoms with E-state index >= 15 is 0 Å². The van der Waals surface area contributed by atoms with Crippen LogP contribution in [0.4, 0.5) is 11.4 Å². The van der Waals surface area contributed by atoms with E-state index in [1.54, 1.807) is 24.3 Å². The lowest BCUT2D eigenvalue weighted by Gasteiger charge is -2.22. The Morgan fingerprint density at radius 1 is 1.00 bits per heavy atom. The van der Waals surface area contributed by atoms with Gasteiger partial charge < -0.3 is 16.0 Å². The van der Waals surface area contributed by atoms with Crippen molar-refractivity contribution < 1.29 is 9.72 Å². The fraction of sp³-hybridized carbons (Fsp3) is 0.130. The number of nitro benzene ring substituents is 1. The number of hydrogen-bond donors (Lipinski definition) is 3. The average Bonchev–Trinajstić information content (AvgIpc) is 2.75. The van der Waals surface area contributed by atoms with E-state index in [1.165, 1.54) is 12.1 Å². The van der Waals surface area contributed by atoms with Gasteiger partial charge in [0.1, 0.15) is 6.17 Å². The van der Waals surface area contributed by atoms with Crippen molar-refractivity contribution in [2.24, 2.45) is 0 Å². The zero-order chi connectivity index (χ0) is 22.2. The first-order valence-electron chi connectivity index (χ1n) is 9.64. The van der Waals surface area contributed by atoms with Crippen molar-refractivity contribution in [3.63, 3.8) is 0 Å². The van der Waals surface area contributed by atoms with Crippen LogP contribution >= 0.6 is 12.2 Å². The predicted molar refractivity (Wildman–Crippen MR) is 125 cm³/mol. The number of nitrogens with one attached hydrogen (secondary N) is 3. The van der Waals surface area contributed by atoms with Gasteiger partial charge in [0, 0.05) is 29.8 Å². The number of non-ortho nitro benzene ring substituents is 1. The van der Waals surface area contributed by atoms with Gasteiger partial charge in [-0.05, 0) is 42.9 Å². The highest BCUT2D eigenvalue weighted by Crippen LogP contribution is 2.17. The monoisotopic (exact) mass is 434 g/mol. The van der Waals surface area contributed by atoms with Crippen molar-refractivity contribution in [1.29, 1.82) is 0 Å². The Bertz CT molecular complexity index is 1070. The number of carbonyl (C=O) groups is 1. The van der Waals surface area contributed by atoms with Crippen LogP contribution in [0, 0.1) is 17.0 Å². The zero-order valence-electron chi connectivity index (χ0n) is 16.9. The molecule has 0 fully saturated rings. The van der Waals surface area contributed by atoms with Gasteiger partial charge in [-0.3, -0.25) is 14.9 Å². The standard InChI is InChI=1S/C23H22N4O3S/c1-16-10-12-18(13-11-16)22(28)25-21(14-17-6-3-2-4-7-17)26-23(31)24-19-8-5-9-20(15-19)27(29)30/h2-13,15,21H,14H2,1H3,(H,25,28)(H2,24,26,31). The summed E-state index contributed by atoms with van der Waals surface area (Å²) in [5.74, 6) is -0.230. The second kappa shape index (κ2) is 10.3. The fourth-order valence-electron chi connectivity index (χ4n) is 2.96. The van der Waals surface area contributed by atoms with E-state index in [0.29, 0.717) is 17.7 Å². The highest BCUT2D eigenvalue weighted by Gasteiger charge is 2.16. The van der Waals surface area contributed by atoms with E-state index in [2.05, 4.69) is 16.0 Å². The Kier molecular flexibility index (Phi) is 7.29. The van der Waals surface area contributed by atoms with Gasteiger partial charge in [-0.2, -0.15) is 0 Å². The number of benzene rings is 3. The summed E-state index contributed by atoms with van der Waals surface area (Å²) in [6, 6.07) is 23.0. The summed E-state index contributed by atoms with van der Waals surface area (Å²) in [5, 5.41) is 20.2. The normalized spacial score (nSPS) is 11.3. The van der Waals surface area contributed by atoms with Crippen molar-refractivity contribution in [2.45, 2.75) is 19.5 Å². The van der Waals surface area contributed by atoms with E-state index in [-0.39, 0.29) is 16.7 Å². The maximum Gasteiger partial charge on any atom is 0.271 e. The molecule has 3 aromatic rings. The summed E-state index contributed by atoms with van der Waals surface area (Å²) in [6.45, 7) is 1.96. The molecule has 7 nitrogen and oxygen atoms in total. The predicted octanol–water partition coefficient (Wildman–Crippen LogP) is 4.19. The van der Waals surface area contributed by atoms with Gasteiger partial charge in [-0.1, -0.05) is 54.1 Å². The first-order chi connectivity index (χ1) is 14.9. The molecule has 0 aromatic heterocycles. The number of aryl methyl sites for hydroxylation is 1. The molecule has 0 saturated carbocycles. The van der Waals surface area contributed by atoms with Crippen molar-refractivity contribution in [2.75, 3.05) is 5.32 Å². The third kappa shape index (κ3) is 6.61. The minimum Gasteiger partial charge on any atom is -0.342 e. The summed E-state index contributed by atoms with van der Waals surface area (Å²) in [6.07, 6.45) is 0.00440. The first-order valence-corrected chi connectivity index (χ1v) is 10.0. The second-order valence-electron chi connectivity index (χ2n) is 6.99. The van der Waals surface area contributed by atoms with Crippen LogP contribution in [0.25, 0.3) is 0 Å². The van der Waals surface area contributed by atoms with Crippen molar-refractivity contribution in [1.82, 2.24) is 10.6 Å². The van der Waals surface area contributed by atoms with Gasteiger partial charge >= 0.3 is 0 Å². The largest absolute Gasteiger partial charge is 0.342 e. The molecule has 0 aliphatic rings. The number of nitro groups is 1. The average molecular weight is 435 g/mol. The van der Waals surface area contributed by atoms with Gasteiger partial charge in [0.25, 0.3) is 11.6 Å². The molecule has 1 unspecified atom stereocenters. The summed E-state index contributed by atoms with van der Waals surface area (Å²) in [5.41, 5.74) is 3.07. The quantitative estimate of drug-likeness (QED) is 0.223. The SMILES string of the molecule is Cc1ccc(C(=O)NC(Cc2ccccc2)NC(=S)Nc2cccc([N+](=O)[O-])c2)cc1. The fourth-order valence-corrected chi connectivity index (χ4v) is 3.22. The van der Waals surface area contributed by atoms with Crippen molar-refractivity contribution >= 4 is 34.6 Å². The van der Waals surface area contributed by atoms with Crippen LogP contribution in [0.15, 0.2) is 78.9 Å². The summed E-state index contributed by atoms with van der Waals surface area (Å²) >= 11 is 5.38. The molecule has 0 bridgehead atoms. The molecular formula is C23H22N4O3S. The van der Waals surface area contributed by atoms with Crippen LogP contribution < -0.4 is 16.0 Å². The Balaban J connectivity index is 1.71. The minimum atomic E-state index is -0.491.